The zero-order valence-corrected chi connectivity index (χ0v) is 25.3. The molecule has 0 saturated carbocycles. The van der Waals surface area contributed by atoms with Crippen LogP contribution in [0.25, 0.3) is 0 Å². The number of aliphatic hydroxyl groups is 2. The van der Waals surface area contributed by atoms with Gasteiger partial charge in [0, 0.05) is 44.4 Å². The SMILES string of the molecule is O=C(N[C@H]1c2ccccc2C[C@H]1O)[C@@H](Cc1ccccc1)C[C@H](O)CN1C(=O)N(Cc2cccnc2)C[C@@H]1Cc1ccccc1. The molecule has 2 aliphatic rings. The number of aromatic nitrogens is 1. The highest BCUT2D eigenvalue weighted by Crippen LogP contribution is 2.32. The van der Waals surface area contributed by atoms with E-state index in [9.17, 15) is 19.8 Å². The number of nitrogens with zero attached hydrogens (tertiary/aromatic N) is 3. The van der Waals surface area contributed by atoms with Gasteiger partial charge in [-0.2, -0.15) is 0 Å². The number of hydrogen-bond donors (Lipinski definition) is 3. The number of hydrogen-bond acceptors (Lipinski definition) is 5. The number of β-amino-alcohol motifs (C(OH)–C–C–N with tert-alkyl or cyclic N) is 1. The highest BCUT2D eigenvalue weighted by molar-refractivity contribution is 5.80. The van der Waals surface area contributed by atoms with Crippen molar-refractivity contribution in [2.24, 2.45) is 5.92 Å². The maximum Gasteiger partial charge on any atom is 0.320 e. The summed E-state index contributed by atoms with van der Waals surface area (Å²) < 4.78 is 0. The number of carbonyl (C=O) groups is 2. The molecule has 3 amide bonds. The van der Waals surface area contributed by atoms with Crippen LogP contribution in [0.2, 0.25) is 0 Å². The lowest BCUT2D eigenvalue weighted by molar-refractivity contribution is -0.127. The fourth-order valence-electron chi connectivity index (χ4n) is 6.73. The summed E-state index contributed by atoms with van der Waals surface area (Å²) in [4.78, 5) is 35.4. The van der Waals surface area contributed by atoms with Crippen LogP contribution in [0.1, 0.15) is 40.3 Å². The van der Waals surface area contributed by atoms with Gasteiger partial charge in [-0.05, 0) is 53.1 Å². The maximum atomic E-state index is 13.8. The zero-order chi connectivity index (χ0) is 31.2. The first-order valence-corrected chi connectivity index (χ1v) is 15.7. The largest absolute Gasteiger partial charge is 0.391 e. The molecule has 1 aliphatic heterocycles. The van der Waals surface area contributed by atoms with Crippen LogP contribution >= 0.6 is 0 Å². The van der Waals surface area contributed by atoms with Crippen molar-refractivity contribution in [3.05, 3.63) is 137 Å². The Kier molecular flexibility index (Phi) is 9.52. The van der Waals surface area contributed by atoms with E-state index in [2.05, 4.69) is 22.4 Å². The summed E-state index contributed by atoms with van der Waals surface area (Å²) in [5, 5.41) is 25.4. The molecule has 0 bridgehead atoms. The highest BCUT2D eigenvalue weighted by Gasteiger charge is 2.39. The van der Waals surface area contributed by atoms with Crippen LogP contribution in [0.3, 0.4) is 0 Å². The van der Waals surface area contributed by atoms with Gasteiger partial charge >= 0.3 is 6.03 Å². The fraction of sp³-hybridized carbons (Fsp3) is 0.324. The number of urea groups is 1. The minimum atomic E-state index is -0.925. The van der Waals surface area contributed by atoms with Crippen molar-refractivity contribution in [1.82, 2.24) is 20.1 Å². The molecule has 0 spiro atoms. The van der Waals surface area contributed by atoms with Gasteiger partial charge in [-0.15, -0.1) is 0 Å². The van der Waals surface area contributed by atoms with E-state index in [1.807, 2.05) is 89.8 Å². The van der Waals surface area contributed by atoms with Crippen LogP contribution in [-0.4, -0.2) is 68.3 Å². The molecule has 0 unspecified atom stereocenters. The normalized spacial score (nSPS) is 20.6. The third kappa shape index (κ3) is 7.41. The summed E-state index contributed by atoms with van der Waals surface area (Å²) in [7, 11) is 0. The van der Waals surface area contributed by atoms with Crippen molar-refractivity contribution in [1.29, 1.82) is 0 Å². The molecule has 6 rings (SSSR count). The predicted octanol–water partition coefficient (Wildman–Crippen LogP) is 4.31. The number of pyridine rings is 1. The highest BCUT2D eigenvalue weighted by atomic mass is 16.3. The lowest BCUT2D eigenvalue weighted by Crippen LogP contribution is -2.44. The van der Waals surface area contributed by atoms with Crippen LogP contribution in [-0.2, 0) is 30.6 Å². The molecule has 2 heterocycles. The summed E-state index contributed by atoms with van der Waals surface area (Å²) in [6.07, 6.45) is 3.61. The molecule has 0 radical (unpaired) electrons. The average Bonchev–Trinajstić information content (AvgIpc) is 3.52. The van der Waals surface area contributed by atoms with Crippen molar-refractivity contribution in [3.63, 3.8) is 0 Å². The van der Waals surface area contributed by atoms with Gasteiger partial charge in [0.15, 0.2) is 0 Å². The molecule has 5 atom stereocenters. The van der Waals surface area contributed by atoms with Gasteiger partial charge in [-0.3, -0.25) is 9.78 Å². The molecule has 3 aromatic carbocycles. The Morgan fingerprint density at radius 1 is 0.911 bits per heavy atom. The molecule has 4 aromatic rings. The lowest BCUT2D eigenvalue weighted by Gasteiger charge is -2.28. The zero-order valence-electron chi connectivity index (χ0n) is 25.3. The summed E-state index contributed by atoms with van der Waals surface area (Å²) in [6, 6.07) is 30.7. The standard InChI is InChI=1S/C37H40N4O4/c42-32(25-41-31(19-27-12-5-2-6-13-27)24-40(37(41)45)23-28-14-9-17-38-22-28)20-30(18-26-10-3-1-4-11-26)36(44)39-35-33-16-8-7-15-29(33)21-34(35)43/h1-17,22,30-32,34-35,42-43H,18-21,23-25H2,(H,39,44)/t30-,31-,32-,34+,35-/m0/s1. The maximum absolute atomic E-state index is 13.8. The Balaban J connectivity index is 1.18. The Hall–Kier alpha value is -4.53. The average molecular weight is 605 g/mol. The van der Waals surface area contributed by atoms with E-state index in [0.717, 1.165) is 27.8 Å². The van der Waals surface area contributed by atoms with E-state index in [4.69, 9.17) is 0 Å². The van der Waals surface area contributed by atoms with Crippen LogP contribution in [0, 0.1) is 5.92 Å². The Labute approximate surface area is 264 Å². The first-order valence-electron chi connectivity index (χ1n) is 15.7. The Bertz CT molecular complexity index is 1570. The van der Waals surface area contributed by atoms with Crippen molar-refractivity contribution in [2.45, 2.75) is 56.5 Å². The molecule has 1 aromatic heterocycles. The van der Waals surface area contributed by atoms with Gasteiger partial charge in [0.25, 0.3) is 0 Å². The summed E-state index contributed by atoms with van der Waals surface area (Å²) in [5.74, 6) is -0.774. The van der Waals surface area contributed by atoms with Crippen LogP contribution in [0.15, 0.2) is 109 Å². The Morgan fingerprint density at radius 3 is 2.33 bits per heavy atom. The van der Waals surface area contributed by atoms with Gasteiger partial charge in [0.05, 0.1) is 24.3 Å². The monoisotopic (exact) mass is 604 g/mol. The summed E-state index contributed by atoms with van der Waals surface area (Å²) >= 11 is 0. The molecular weight excluding hydrogens is 564 g/mol. The molecule has 8 nitrogen and oxygen atoms in total. The van der Waals surface area contributed by atoms with E-state index in [1.54, 1.807) is 17.3 Å². The number of fused-ring (bicyclic) bond motifs is 1. The third-order valence-corrected chi connectivity index (χ3v) is 8.96. The number of benzene rings is 3. The minimum absolute atomic E-state index is 0.118. The quantitative estimate of drug-likeness (QED) is 0.224. The molecular formula is C37H40N4O4. The molecule has 232 valence electrons. The van der Waals surface area contributed by atoms with Gasteiger partial charge in [-0.25, -0.2) is 4.79 Å². The number of rotatable bonds is 12. The van der Waals surface area contributed by atoms with E-state index < -0.39 is 24.2 Å². The number of aliphatic hydroxyl groups excluding tert-OH is 2. The second-order valence-electron chi connectivity index (χ2n) is 12.3. The van der Waals surface area contributed by atoms with Crippen molar-refractivity contribution < 1.29 is 19.8 Å². The molecule has 1 saturated heterocycles. The van der Waals surface area contributed by atoms with Gasteiger partial charge in [0.1, 0.15) is 0 Å². The lowest BCUT2D eigenvalue weighted by atomic mass is 9.91. The van der Waals surface area contributed by atoms with E-state index in [-0.39, 0.29) is 30.9 Å². The number of carbonyl (C=O) groups excluding carboxylic acids is 2. The van der Waals surface area contributed by atoms with Crippen LogP contribution in [0.4, 0.5) is 4.79 Å². The summed E-state index contributed by atoms with van der Waals surface area (Å²) in [6.45, 7) is 1.09. The number of nitrogens with one attached hydrogen (secondary N) is 1. The van der Waals surface area contributed by atoms with E-state index >= 15 is 0 Å². The van der Waals surface area contributed by atoms with Crippen LogP contribution < -0.4 is 5.32 Å². The van der Waals surface area contributed by atoms with Gasteiger partial charge in [0.2, 0.25) is 5.91 Å². The molecule has 3 N–H and O–H groups in total. The smallest absolute Gasteiger partial charge is 0.320 e. The second kappa shape index (κ2) is 14.1. The van der Waals surface area contributed by atoms with Crippen LogP contribution in [0.5, 0.6) is 0 Å². The van der Waals surface area contributed by atoms with Gasteiger partial charge in [-0.1, -0.05) is 91.0 Å². The molecule has 1 aliphatic carbocycles. The summed E-state index contributed by atoms with van der Waals surface area (Å²) in [5.41, 5.74) is 5.01. The van der Waals surface area contributed by atoms with E-state index in [1.165, 1.54) is 0 Å². The van der Waals surface area contributed by atoms with Gasteiger partial charge < -0.3 is 25.3 Å². The predicted molar refractivity (Wildman–Crippen MR) is 172 cm³/mol. The molecule has 45 heavy (non-hydrogen) atoms. The first-order chi connectivity index (χ1) is 21.9. The minimum Gasteiger partial charge on any atom is -0.391 e. The topological polar surface area (TPSA) is 106 Å². The van der Waals surface area contributed by atoms with E-state index in [0.29, 0.717) is 32.4 Å². The Morgan fingerprint density at radius 2 is 1.60 bits per heavy atom. The molecule has 1 fully saturated rings. The third-order valence-electron chi connectivity index (χ3n) is 8.96. The molecule has 8 heteroatoms. The van der Waals surface area contributed by atoms with Crippen molar-refractivity contribution in [3.8, 4) is 0 Å². The van der Waals surface area contributed by atoms with Crippen molar-refractivity contribution in [2.75, 3.05) is 13.1 Å². The fourth-order valence-corrected chi connectivity index (χ4v) is 6.73. The van der Waals surface area contributed by atoms with Crippen molar-refractivity contribution >= 4 is 11.9 Å². The number of amides is 3. The second-order valence-corrected chi connectivity index (χ2v) is 12.3. The first kappa shape index (κ1) is 30.5.